The number of nitrogens with one attached hydrogen (secondary N) is 3. The van der Waals surface area contributed by atoms with Crippen LogP contribution in [0.15, 0.2) is 24.3 Å². The van der Waals surface area contributed by atoms with Crippen LogP contribution in [0, 0.1) is 5.41 Å². The van der Waals surface area contributed by atoms with Gasteiger partial charge < -0.3 is 16.0 Å². The number of benzene rings is 1. The molecule has 2 rings (SSSR count). The van der Waals surface area contributed by atoms with Crippen LogP contribution >= 0.6 is 0 Å². The standard InChI is InChI=1S/C15H20F3N3O/c1-14(7-4-8-19-9-14)10-20-13(22)21-12-6-3-2-5-11(12)15(16,17)18/h2-3,5-6,19H,4,7-10H2,1H3,(H2,20,21,22). The molecule has 0 radical (unpaired) electrons. The third kappa shape index (κ3) is 4.37. The summed E-state index contributed by atoms with van der Waals surface area (Å²) in [4.78, 5) is 11.9. The van der Waals surface area contributed by atoms with Gasteiger partial charge in [-0.25, -0.2) is 4.79 Å². The second kappa shape index (κ2) is 6.56. The molecule has 1 fully saturated rings. The molecule has 122 valence electrons. The summed E-state index contributed by atoms with van der Waals surface area (Å²) >= 11 is 0. The molecule has 1 atom stereocenters. The van der Waals surface area contributed by atoms with Crippen LogP contribution in [0.3, 0.4) is 0 Å². The van der Waals surface area contributed by atoms with Crippen LogP contribution in [-0.2, 0) is 6.18 Å². The Hall–Kier alpha value is -1.76. The average Bonchev–Trinajstić information content (AvgIpc) is 2.46. The van der Waals surface area contributed by atoms with Crippen molar-refractivity contribution in [3.05, 3.63) is 29.8 Å². The summed E-state index contributed by atoms with van der Waals surface area (Å²) in [5.41, 5.74) is -1.16. The maximum absolute atomic E-state index is 12.9. The number of para-hydroxylation sites is 1. The number of carbonyl (C=O) groups is 1. The SMILES string of the molecule is CC1(CNC(=O)Nc2ccccc2C(F)(F)F)CCCNC1. The van der Waals surface area contributed by atoms with E-state index in [-0.39, 0.29) is 11.1 Å². The second-order valence-electron chi connectivity index (χ2n) is 5.94. The van der Waals surface area contributed by atoms with Gasteiger partial charge >= 0.3 is 12.2 Å². The van der Waals surface area contributed by atoms with Crippen molar-refractivity contribution in [3.63, 3.8) is 0 Å². The van der Waals surface area contributed by atoms with E-state index in [0.717, 1.165) is 32.0 Å². The molecule has 0 saturated carbocycles. The van der Waals surface area contributed by atoms with E-state index in [9.17, 15) is 18.0 Å². The van der Waals surface area contributed by atoms with Gasteiger partial charge in [0, 0.05) is 13.1 Å². The fraction of sp³-hybridized carbons (Fsp3) is 0.533. The highest BCUT2D eigenvalue weighted by atomic mass is 19.4. The van der Waals surface area contributed by atoms with Crippen molar-refractivity contribution in [2.24, 2.45) is 5.41 Å². The van der Waals surface area contributed by atoms with Crippen molar-refractivity contribution >= 4 is 11.7 Å². The number of urea groups is 1. The van der Waals surface area contributed by atoms with E-state index in [1.165, 1.54) is 18.2 Å². The third-order valence-corrected chi connectivity index (χ3v) is 3.84. The Morgan fingerprint density at radius 3 is 2.73 bits per heavy atom. The summed E-state index contributed by atoms with van der Waals surface area (Å²) in [6.45, 7) is 4.20. The van der Waals surface area contributed by atoms with Gasteiger partial charge in [0.1, 0.15) is 0 Å². The van der Waals surface area contributed by atoms with Gasteiger partial charge in [0.2, 0.25) is 0 Å². The quantitative estimate of drug-likeness (QED) is 0.802. The monoisotopic (exact) mass is 315 g/mol. The normalized spacial score (nSPS) is 22.2. The first-order chi connectivity index (χ1) is 10.3. The number of piperidine rings is 1. The zero-order valence-electron chi connectivity index (χ0n) is 12.4. The molecule has 1 aromatic carbocycles. The molecule has 1 aromatic rings. The molecule has 1 saturated heterocycles. The van der Waals surface area contributed by atoms with Crippen molar-refractivity contribution in [1.82, 2.24) is 10.6 Å². The molecular weight excluding hydrogens is 295 g/mol. The Balaban J connectivity index is 1.95. The summed E-state index contributed by atoms with van der Waals surface area (Å²) in [5, 5.41) is 8.20. The van der Waals surface area contributed by atoms with Gasteiger partial charge in [-0.1, -0.05) is 19.1 Å². The highest BCUT2D eigenvalue weighted by Crippen LogP contribution is 2.34. The molecule has 22 heavy (non-hydrogen) atoms. The first kappa shape index (κ1) is 16.6. The van der Waals surface area contributed by atoms with Crippen LogP contribution < -0.4 is 16.0 Å². The van der Waals surface area contributed by atoms with Crippen molar-refractivity contribution in [1.29, 1.82) is 0 Å². The minimum atomic E-state index is -4.50. The van der Waals surface area contributed by atoms with Gasteiger partial charge in [-0.05, 0) is 36.9 Å². The summed E-state index contributed by atoms with van der Waals surface area (Å²) in [7, 11) is 0. The summed E-state index contributed by atoms with van der Waals surface area (Å²) < 4.78 is 38.6. The summed E-state index contributed by atoms with van der Waals surface area (Å²) in [5.74, 6) is 0. The zero-order chi connectivity index (χ0) is 16.2. The van der Waals surface area contributed by atoms with Crippen LogP contribution in [0.1, 0.15) is 25.3 Å². The lowest BCUT2D eigenvalue weighted by atomic mass is 9.83. The first-order valence-electron chi connectivity index (χ1n) is 7.22. The van der Waals surface area contributed by atoms with E-state index in [2.05, 4.69) is 16.0 Å². The van der Waals surface area contributed by atoms with Crippen molar-refractivity contribution < 1.29 is 18.0 Å². The van der Waals surface area contributed by atoms with Crippen molar-refractivity contribution in [2.75, 3.05) is 25.0 Å². The van der Waals surface area contributed by atoms with E-state index < -0.39 is 17.8 Å². The predicted molar refractivity (Wildman–Crippen MR) is 78.7 cm³/mol. The molecule has 3 N–H and O–H groups in total. The average molecular weight is 315 g/mol. The molecular formula is C15H20F3N3O. The molecule has 1 heterocycles. The first-order valence-corrected chi connectivity index (χ1v) is 7.22. The second-order valence-corrected chi connectivity index (χ2v) is 5.94. The predicted octanol–water partition coefficient (Wildman–Crippen LogP) is 3.22. The van der Waals surface area contributed by atoms with E-state index in [0.29, 0.717) is 6.54 Å². The molecule has 0 aliphatic carbocycles. The summed E-state index contributed by atoms with van der Waals surface area (Å²) in [6.07, 6.45) is -2.50. The van der Waals surface area contributed by atoms with Gasteiger partial charge in [0.05, 0.1) is 11.3 Å². The number of amides is 2. The van der Waals surface area contributed by atoms with Crippen LogP contribution in [-0.4, -0.2) is 25.7 Å². The molecule has 0 aromatic heterocycles. The molecule has 0 spiro atoms. The Morgan fingerprint density at radius 2 is 2.09 bits per heavy atom. The number of alkyl halides is 3. The van der Waals surface area contributed by atoms with Gasteiger partial charge in [0.25, 0.3) is 0 Å². The van der Waals surface area contributed by atoms with Crippen LogP contribution in [0.25, 0.3) is 0 Å². The maximum Gasteiger partial charge on any atom is 0.418 e. The Labute approximate surface area is 127 Å². The third-order valence-electron chi connectivity index (χ3n) is 3.84. The molecule has 4 nitrogen and oxygen atoms in total. The molecule has 1 aliphatic heterocycles. The van der Waals surface area contributed by atoms with Gasteiger partial charge in [0.15, 0.2) is 0 Å². The Morgan fingerprint density at radius 1 is 1.36 bits per heavy atom. The number of halogens is 3. The lowest BCUT2D eigenvalue weighted by molar-refractivity contribution is -0.136. The number of carbonyl (C=O) groups excluding carboxylic acids is 1. The minimum absolute atomic E-state index is 0.0703. The van der Waals surface area contributed by atoms with E-state index >= 15 is 0 Å². The molecule has 1 unspecified atom stereocenters. The topological polar surface area (TPSA) is 53.2 Å². The minimum Gasteiger partial charge on any atom is -0.337 e. The largest absolute Gasteiger partial charge is 0.418 e. The van der Waals surface area contributed by atoms with Gasteiger partial charge in [-0.3, -0.25) is 0 Å². The van der Waals surface area contributed by atoms with E-state index in [4.69, 9.17) is 0 Å². The van der Waals surface area contributed by atoms with Crippen LogP contribution in [0.2, 0.25) is 0 Å². The zero-order valence-corrected chi connectivity index (χ0v) is 12.4. The highest BCUT2D eigenvalue weighted by molar-refractivity contribution is 5.90. The molecule has 0 bridgehead atoms. The molecule has 1 aliphatic rings. The van der Waals surface area contributed by atoms with Crippen molar-refractivity contribution in [2.45, 2.75) is 25.9 Å². The van der Waals surface area contributed by atoms with Gasteiger partial charge in [-0.15, -0.1) is 0 Å². The van der Waals surface area contributed by atoms with Gasteiger partial charge in [-0.2, -0.15) is 13.2 Å². The molecule has 7 heteroatoms. The highest BCUT2D eigenvalue weighted by Gasteiger charge is 2.33. The fourth-order valence-electron chi connectivity index (χ4n) is 2.57. The number of hydrogen-bond donors (Lipinski definition) is 3. The van der Waals surface area contributed by atoms with E-state index in [1.807, 2.05) is 6.92 Å². The number of anilines is 1. The lowest BCUT2D eigenvalue weighted by Crippen LogP contribution is -2.46. The maximum atomic E-state index is 12.9. The number of hydrogen-bond acceptors (Lipinski definition) is 2. The van der Waals surface area contributed by atoms with E-state index in [1.54, 1.807) is 0 Å². The lowest BCUT2D eigenvalue weighted by Gasteiger charge is -2.34. The Bertz CT molecular complexity index is 525. The Kier molecular flexibility index (Phi) is 4.95. The summed E-state index contributed by atoms with van der Waals surface area (Å²) in [6, 6.07) is 4.31. The number of rotatable bonds is 3. The molecule has 2 amide bonds. The van der Waals surface area contributed by atoms with Crippen molar-refractivity contribution in [3.8, 4) is 0 Å². The van der Waals surface area contributed by atoms with Crippen LogP contribution in [0.5, 0.6) is 0 Å². The fourth-order valence-corrected chi connectivity index (χ4v) is 2.57. The van der Waals surface area contributed by atoms with Crippen LogP contribution in [0.4, 0.5) is 23.7 Å². The smallest absolute Gasteiger partial charge is 0.337 e.